The fourth-order valence-corrected chi connectivity index (χ4v) is 3.57. The van der Waals surface area contributed by atoms with Gasteiger partial charge in [-0.2, -0.15) is 0 Å². The monoisotopic (exact) mass is 381 g/mol. The second kappa shape index (κ2) is 10.2. The lowest BCUT2D eigenvalue weighted by atomic mass is 10.0. The molecule has 1 aliphatic rings. The first-order valence-electron chi connectivity index (χ1n) is 10.00. The molecule has 0 amide bonds. The Morgan fingerprint density at radius 1 is 1.18 bits per heavy atom. The Morgan fingerprint density at radius 3 is 2.68 bits per heavy atom. The van der Waals surface area contributed by atoms with Crippen LogP contribution in [0.4, 0.5) is 0 Å². The molecule has 0 spiro atoms. The van der Waals surface area contributed by atoms with Crippen LogP contribution in [0.2, 0.25) is 0 Å². The van der Waals surface area contributed by atoms with Crippen LogP contribution < -0.4 is 5.32 Å². The molecule has 0 aromatic heterocycles. The van der Waals surface area contributed by atoms with Gasteiger partial charge in [0.2, 0.25) is 0 Å². The van der Waals surface area contributed by atoms with Gasteiger partial charge in [0.1, 0.15) is 6.10 Å². The number of hydrogen-bond acceptors (Lipinski definition) is 3. The van der Waals surface area contributed by atoms with E-state index in [1.54, 1.807) is 0 Å². The van der Waals surface area contributed by atoms with Crippen LogP contribution in [0.3, 0.4) is 0 Å². The summed E-state index contributed by atoms with van der Waals surface area (Å²) in [5.74, 6) is 0.910. The topological polar surface area (TPSA) is 46.1 Å². The van der Waals surface area contributed by atoms with Gasteiger partial charge in [0.15, 0.2) is 5.96 Å². The van der Waals surface area contributed by atoms with Gasteiger partial charge in [-0.1, -0.05) is 48.5 Å². The zero-order valence-corrected chi connectivity index (χ0v) is 17.1. The van der Waals surface area contributed by atoms with Crippen LogP contribution in [0.25, 0.3) is 0 Å². The predicted molar refractivity (Wildman–Crippen MR) is 113 cm³/mol. The molecule has 0 radical (unpaired) electrons. The first-order chi connectivity index (χ1) is 13.7. The maximum atomic E-state index is 6.05. The molecule has 0 bridgehead atoms. The smallest absolute Gasteiger partial charge is 0.194 e. The highest BCUT2D eigenvalue weighted by atomic mass is 16.5. The fourth-order valence-electron chi connectivity index (χ4n) is 3.57. The molecular weight excluding hydrogens is 350 g/mol. The van der Waals surface area contributed by atoms with Gasteiger partial charge in [0, 0.05) is 26.7 Å². The maximum absolute atomic E-state index is 6.05. The number of hydrogen-bond donors (Lipinski definition) is 1. The van der Waals surface area contributed by atoms with Crippen LogP contribution >= 0.6 is 0 Å². The first kappa shape index (κ1) is 20.4. The molecule has 1 N–H and O–H groups in total. The minimum absolute atomic E-state index is 0.0683. The summed E-state index contributed by atoms with van der Waals surface area (Å²) in [6.45, 7) is 8.57. The number of benzene rings is 2. The van der Waals surface area contributed by atoms with Gasteiger partial charge < -0.3 is 19.7 Å². The van der Waals surface area contributed by atoms with Crippen molar-refractivity contribution < 1.29 is 9.47 Å². The molecule has 5 heteroatoms. The molecular formula is C23H31N3O2. The number of aliphatic imine (C=N–C) groups is 1. The van der Waals surface area contributed by atoms with Crippen molar-refractivity contribution in [1.29, 1.82) is 0 Å². The maximum Gasteiger partial charge on any atom is 0.194 e. The molecule has 1 heterocycles. The summed E-state index contributed by atoms with van der Waals surface area (Å²) in [6.07, 6.45) is 0.0683. The van der Waals surface area contributed by atoms with Crippen molar-refractivity contribution in [2.45, 2.75) is 33.1 Å². The van der Waals surface area contributed by atoms with Crippen molar-refractivity contribution in [2.75, 3.05) is 33.4 Å². The zero-order chi connectivity index (χ0) is 19.8. The molecule has 1 aliphatic heterocycles. The molecule has 0 saturated carbocycles. The molecule has 1 unspecified atom stereocenters. The van der Waals surface area contributed by atoms with E-state index in [1.165, 1.54) is 22.3 Å². The Balaban J connectivity index is 1.65. The normalized spacial score (nSPS) is 17.6. The zero-order valence-electron chi connectivity index (χ0n) is 17.1. The van der Waals surface area contributed by atoms with E-state index in [2.05, 4.69) is 70.7 Å². The number of morpholine rings is 1. The highest BCUT2D eigenvalue weighted by Gasteiger charge is 2.25. The van der Waals surface area contributed by atoms with Gasteiger partial charge in [0.25, 0.3) is 0 Å². The average Bonchev–Trinajstić information content (AvgIpc) is 2.74. The standard InChI is InChI=1S/C23H31N3O2/c1-4-27-17-20-11-7-6-10-19(20)15-25-23(24-3)26-13-14-28-22(16-26)21-12-8-5-9-18(21)2/h5-12,22H,4,13-17H2,1-3H3,(H,24,25). The van der Waals surface area contributed by atoms with Gasteiger partial charge in [-0.25, -0.2) is 0 Å². The van der Waals surface area contributed by atoms with Gasteiger partial charge in [-0.3, -0.25) is 4.99 Å². The number of rotatable bonds is 6. The Kier molecular flexibility index (Phi) is 7.46. The molecule has 0 aliphatic carbocycles. The minimum Gasteiger partial charge on any atom is -0.377 e. The number of nitrogens with one attached hydrogen (secondary N) is 1. The Hall–Kier alpha value is -2.37. The van der Waals surface area contributed by atoms with Crippen LogP contribution in [0.15, 0.2) is 53.5 Å². The fraction of sp³-hybridized carbons (Fsp3) is 0.435. The number of guanidine groups is 1. The Bertz CT molecular complexity index is 791. The molecule has 1 atom stereocenters. The van der Waals surface area contributed by atoms with Crippen LogP contribution in [0.1, 0.15) is 35.3 Å². The lowest BCUT2D eigenvalue weighted by Gasteiger charge is -2.35. The summed E-state index contributed by atoms with van der Waals surface area (Å²) >= 11 is 0. The van der Waals surface area contributed by atoms with E-state index >= 15 is 0 Å². The average molecular weight is 382 g/mol. The van der Waals surface area contributed by atoms with Crippen molar-refractivity contribution >= 4 is 5.96 Å². The lowest BCUT2D eigenvalue weighted by Crippen LogP contribution is -2.48. The van der Waals surface area contributed by atoms with Crippen LogP contribution in [-0.4, -0.2) is 44.2 Å². The third kappa shape index (κ3) is 5.12. The molecule has 1 fully saturated rings. The summed E-state index contributed by atoms with van der Waals surface area (Å²) < 4.78 is 11.7. The second-order valence-corrected chi connectivity index (χ2v) is 6.97. The highest BCUT2D eigenvalue weighted by molar-refractivity contribution is 5.80. The van der Waals surface area contributed by atoms with Crippen molar-refractivity contribution in [3.63, 3.8) is 0 Å². The van der Waals surface area contributed by atoms with E-state index in [4.69, 9.17) is 9.47 Å². The molecule has 2 aromatic rings. The van der Waals surface area contributed by atoms with Gasteiger partial charge in [-0.05, 0) is 36.1 Å². The van der Waals surface area contributed by atoms with Crippen LogP contribution in [0, 0.1) is 6.92 Å². The number of aryl methyl sites for hydroxylation is 1. The van der Waals surface area contributed by atoms with E-state index in [0.717, 1.165) is 32.2 Å². The van der Waals surface area contributed by atoms with E-state index in [1.807, 2.05) is 14.0 Å². The molecule has 150 valence electrons. The number of nitrogens with zero attached hydrogens (tertiary/aromatic N) is 2. The summed E-state index contributed by atoms with van der Waals surface area (Å²) in [5.41, 5.74) is 4.97. The quantitative estimate of drug-likeness (QED) is 0.612. The third-order valence-corrected chi connectivity index (χ3v) is 5.13. The van der Waals surface area contributed by atoms with Crippen molar-refractivity contribution in [2.24, 2.45) is 4.99 Å². The van der Waals surface area contributed by atoms with Crippen molar-refractivity contribution in [3.05, 3.63) is 70.8 Å². The molecule has 1 saturated heterocycles. The SMILES string of the molecule is CCOCc1ccccc1CNC(=NC)N1CCOC(c2ccccc2C)C1. The number of ether oxygens (including phenoxy) is 2. The Morgan fingerprint density at radius 2 is 1.93 bits per heavy atom. The molecule has 5 nitrogen and oxygen atoms in total. The predicted octanol–water partition coefficient (Wildman–Crippen LogP) is 3.68. The van der Waals surface area contributed by atoms with Crippen molar-refractivity contribution in [1.82, 2.24) is 10.2 Å². The van der Waals surface area contributed by atoms with Gasteiger partial charge >= 0.3 is 0 Å². The van der Waals surface area contributed by atoms with Crippen molar-refractivity contribution in [3.8, 4) is 0 Å². The molecule has 2 aromatic carbocycles. The largest absolute Gasteiger partial charge is 0.377 e. The lowest BCUT2D eigenvalue weighted by molar-refractivity contribution is -0.00834. The van der Waals surface area contributed by atoms with Gasteiger partial charge in [0.05, 0.1) is 19.8 Å². The third-order valence-electron chi connectivity index (χ3n) is 5.13. The second-order valence-electron chi connectivity index (χ2n) is 6.97. The van der Waals surface area contributed by atoms with Crippen LogP contribution in [0.5, 0.6) is 0 Å². The first-order valence-corrected chi connectivity index (χ1v) is 10.00. The van der Waals surface area contributed by atoms with Gasteiger partial charge in [-0.15, -0.1) is 0 Å². The summed E-state index contributed by atoms with van der Waals surface area (Å²) in [4.78, 5) is 6.80. The van der Waals surface area contributed by atoms with E-state index in [0.29, 0.717) is 13.2 Å². The Labute approximate surface area is 168 Å². The molecule has 28 heavy (non-hydrogen) atoms. The highest BCUT2D eigenvalue weighted by Crippen LogP contribution is 2.25. The van der Waals surface area contributed by atoms with E-state index < -0.39 is 0 Å². The van der Waals surface area contributed by atoms with Crippen LogP contribution in [-0.2, 0) is 22.6 Å². The minimum atomic E-state index is 0.0683. The molecule has 3 rings (SSSR count). The van der Waals surface area contributed by atoms with E-state index in [-0.39, 0.29) is 6.10 Å². The summed E-state index contributed by atoms with van der Waals surface area (Å²) in [7, 11) is 1.84. The summed E-state index contributed by atoms with van der Waals surface area (Å²) in [6, 6.07) is 16.8. The van der Waals surface area contributed by atoms with E-state index in [9.17, 15) is 0 Å². The summed E-state index contributed by atoms with van der Waals surface area (Å²) in [5, 5.41) is 3.52.